The Hall–Kier alpha value is -2.83. The molecule has 2 aliphatic carbocycles. The first-order valence-corrected chi connectivity index (χ1v) is 9.14. The normalized spacial score (nSPS) is 16.8. The van der Waals surface area contributed by atoms with Gasteiger partial charge in [-0.25, -0.2) is 0 Å². The number of amides is 1. The summed E-state index contributed by atoms with van der Waals surface area (Å²) in [5, 5.41) is 11.5. The number of rotatable bonds is 7. The van der Waals surface area contributed by atoms with Gasteiger partial charge in [0.15, 0.2) is 11.5 Å². The topological polar surface area (TPSA) is 86.1 Å². The van der Waals surface area contributed by atoms with Crippen LogP contribution in [-0.2, 0) is 6.54 Å². The summed E-state index contributed by atoms with van der Waals surface area (Å²) < 4.78 is 12.5. The molecule has 0 aliphatic heterocycles. The van der Waals surface area contributed by atoms with Crippen LogP contribution >= 0.6 is 0 Å². The summed E-state index contributed by atoms with van der Waals surface area (Å²) in [6.07, 6.45) is 6.55. The Morgan fingerprint density at radius 2 is 2.04 bits per heavy atom. The second kappa shape index (κ2) is 6.16. The van der Waals surface area contributed by atoms with Gasteiger partial charge in [-0.15, -0.1) is 0 Å². The van der Waals surface area contributed by atoms with Crippen LogP contribution in [0, 0.1) is 0 Å². The van der Waals surface area contributed by atoms with Crippen molar-refractivity contribution in [2.24, 2.45) is 0 Å². The van der Waals surface area contributed by atoms with Gasteiger partial charge in [0.1, 0.15) is 0 Å². The van der Waals surface area contributed by atoms with Crippen molar-refractivity contribution in [3.05, 3.63) is 47.6 Å². The zero-order valence-electron chi connectivity index (χ0n) is 14.4. The Labute approximate surface area is 150 Å². The van der Waals surface area contributed by atoms with Crippen molar-refractivity contribution >= 4 is 5.91 Å². The maximum Gasteiger partial charge on any atom is 0.273 e. The zero-order chi connectivity index (χ0) is 17.5. The SMILES string of the molecule is O=C(NCCn1nc(C2CC2)cc1C1CC1)c1cc(-c2ccco2)on1. The average molecular weight is 352 g/mol. The maximum absolute atomic E-state index is 12.3. The van der Waals surface area contributed by atoms with Crippen LogP contribution in [0.5, 0.6) is 0 Å². The van der Waals surface area contributed by atoms with Gasteiger partial charge < -0.3 is 14.3 Å². The highest BCUT2D eigenvalue weighted by molar-refractivity contribution is 5.92. The standard InChI is InChI=1S/C19H20N4O3/c24-19(15-11-18(26-22-15)17-2-1-9-25-17)20-7-8-23-16(13-5-6-13)10-14(21-23)12-3-4-12/h1-2,9-13H,3-8H2,(H,20,24). The van der Waals surface area contributed by atoms with Crippen LogP contribution in [0.4, 0.5) is 0 Å². The van der Waals surface area contributed by atoms with Gasteiger partial charge >= 0.3 is 0 Å². The third kappa shape index (κ3) is 3.05. The number of carbonyl (C=O) groups is 1. The molecule has 1 amide bonds. The molecule has 5 rings (SSSR count). The van der Waals surface area contributed by atoms with Crippen LogP contribution < -0.4 is 5.32 Å². The summed E-state index contributed by atoms with van der Waals surface area (Å²) in [6.45, 7) is 1.18. The van der Waals surface area contributed by atoms with E-state index in [1.165, 1.54) is 37.1 Å². The van der Waals surface area contributed by atoms with Gasteiger partial charge in [0, 0.05) is 30.1 Å². The Morgan fingerprint density at radius 1 is 1.19 bits per heavy atom. The number of nitrogens with one attached hydrogen (secondary N) is 1. The van der Waals surface area contributed by atoms with E-state index in [1.807, 2.05) is 0 Å². The fraction of sp³-hybridized carbons (Fsp3) is 0.421. The van der Waals surface area contributed by atoms with Gasteiger partial charge in [-0.05, 0) is 43.9 Å². The summed E-state index contributed by atoms with van der Waals surface area (Å²) in [7, 11) is 0. The van der Waals surface area contributed by atoms with Crippen molar-refractivity contribution in [1.29, 1.82) is 0 Å². The first-order valence-electron chi connectivity index (χ1n) is 9.14. The van der Waals surface area contributed by atoms with Crippen molar-refractivity contribution in [1.82, 2.24) is 20.3 Å². The molecule has 2 aliphatic rings. The van der Waals surface area contributed by atoms with Crippen molar-refractivity contribution < 1.29 is 13.7 Å². The van der Waals surface area contributed by atoms with E-state index in [9.17, 15) is 4.79 Å². The minimum atomic E-state index is -0.255. The summed E-state index contributed by atoms with van der Waals surface area (Å²) in [5.74, 6) is 2.04. The Bertz CT molecular complexity index is 917. The van der Waals surface area contributed by atoms with Gasteiger partial charge in [0.05, 0.1) is 18.5 Å². The smallest absolute Gasteiger partial charge is 0.273 e. The molecular formula is C19H20N4O3. The van der Waals surface area contributed by atoms with E-state index in [-0.39, 0.29) is 11.6 Å². The second-order valence-corrected chi connectivity index (χ2v) is 7.08. The van der Waals surface area contributed by atoms with E-state index in [4.69, 9.17) is 14.0 Å². The number of hydrogen-bond donors (Lipinski definition) is 1. The van der Waals surface area contributed by atoms with E-state index in [2.05, 4.69) is 21.2 Å². The van der Waals surface area contributed by atoms with E-state index in [0.717, 1.165) is 0 Å². The first kappa shape index (κ1) is 15.4. The second-order valence-electron chi connectivity index (χ2n) is 7.08. The lowest BCUT2D eigenvalue weighted by molar-refractivity contribution is 0.0943. The number of aromatic nitrogens is 3. The predicted molar refractivity (Wildman–Crippen MR) is 92.7 cm³/mol. The number of nitrogens with zero attached hydrogens (tertiary/aromatic N) is 3. The Morgan fingerprint density at radius 3 is 2.77 bits per heavy atom. The van der Waals surface area contributed by atoms with Crippen LogP contribution in [0.15, 0.2) is 39.5 Å². The summed E-state index contributed by atoms with van der Waals surface area (Å²) in [4.78, 5) is 12.3. The van der Waals surface area contributed by atoms with Crippen molar-refractivity contribution in [2.45, 2.75) is 44.1 Å². The number of hydrogen-bond acceptors (Lipinski definition) is 5. The monoisotopic (exact) mass is 352 g/mol. The molecule has 0 aromatic carbocycles. The number of furan rings is 1. The maximum atomic E-state index is 12.3. The first-order chi connectivity index (χ1) is 12.8. The zero-order valence-corrected chi connectivity index (χ0v) is 14.4. The van der Waals surface area contributed by atoms with Gasteiger partial charge in [0.2, 0.25) is 5.76 Å². The van der Waals surface area contributed by atoms with Crippen LogP contribution in [0.3, 0.4) is 0 Å². The molecule has 26 heavy (non-hydrogen) atoms. The van der Waals surface area contributed by atoms with Crippen molar-refractivity contribution in [3.8, 4) is 11.5 Å². The quantitative estimate of drug-likeness (QED) is 0.705. The Kier molecular flexibility index (Phi) is 3.65. The lowest BCUT2D eigenvalue weighted by atomic mass is 10.2. The predicted octanol–water partition coefficient (Wildman–Crippen LogP) is 3.32. The fourth-order valence-electron chi connectivity index (χ4n) is 3.20. The molecule has 7 heteroatoms. The molecule has 2 fully saturated rings. The van der Waals surface area contributed by atoms with E-state index in [0.29, 0.717) is 36.4 Å². The molecule has 1 N–H and O–H groups in total. The highest BCUT2D eigenvalue weighted by Gasteiger charge is 2.32. The van der Waals surface area contributed by atoms with Crippen LogP contribution in [0.1, 0.15) is 59.4 Å². The van der Waals surface area contributed by atoms with Crippen LogP contribution in [0.25, 0.3) is 11.5 Å². The Balaban J connectivity index is 1.21. The third-order valence-corrected chi connectivity index (χ3v) is 4.94. The fourth-order valence-corrected chi connectivity index (χ4v) is 3.20. The molecule has 0 saturated heterocycles. The van der Waals surface area contributed by atoms with Gasteiger partial charge in [-0.2, -0.15) is 5.10 Å². The van der Waals surface area contributed by atoms with Gasteiger partial charge in [-0.1, -0.05) is 5.16 Å². The minimum Gasteiger partial charge on any atom is -0.461 e. The highest BCUT2D eigenvalue weighted by Crippen LogP contribution is 2.44. The minimum absolute atomic E-state index is 0.248. The van der Waals surface area contributed by atoms with Gasteiger partial charge in [0.25, 0.3) is 5.91 Å². The van der Waals surface area contributed by atoms with E-state index in [1.54, 1.807) is 24.5 Å². The van der Waals surface area contributed by atoms with Crippen LogP contribution in [0.2, 0.25) is 0 Å². The molecule has 3 heterocycles. The molecule has 0 spiro atoms. The lowest BCUT2D eigenvalue weighted by Crippen LogP contribution is -2.28. The molecule has 0 bridgehead atoms. The van der Waals surface area contributed by atoms with Crippen molar-refractivity contribution in [2.75, 3.05) is 6.54 Å². The molecule has 0 unspecified atom stereocenters. The third-order valence-electron chi connectivity index (χ3n) is 4.94. The van der Waals surface area contributed by atoms with E-state index >= 15 is 0 Å². The largest absolute Gasteiger partial charge is 0.461 e. The van der Waals surface area contributed by atoms with Crippen molar-refractivity contribution in [3.63, 3.8) is 0 Å². The molecule has 3 aromatic rings. The number of carbonyl (C=O) groups excluding carboxylic acids is 1. The lowest BCUT2D eigenvalue weighted by Gasteiger charge is -2.07. The molecular weight excluding hydrogens is 332 g/mol. The molecule has 2 saturated carbocycles. The summed E-state index contributed by atoms with van der Waals surface area (Å²) in [5.41, 5.74) is 2.79. The molecule has 7 nitrogen and oxygen atoms in total. The van der Waals surface area contributed by atoms with E-state index < -0.39 is 0 Å². The van der Waals surface area contributed by atoms with Gasteiger partial charge in [-0.3, -0.25) is 9.48 Å². The average Bonchev–Trinajstić information content (AvgIpc) is 3.51. The molecule has 3 aromatic heterocycles. The van der Waals surface area contributed by atoms with Crippen LogP contribution in [-0.4, -0.2) is 27.4 Å². The highest BCUT2D eigenvalue weighted by atomic mass is 16.5. The molecule has 0 atom stereocenters. The molecule has 0 radical (unpaired) electrons. The molecule has 134 valence electrons. The summed E-state index contributed by atoms with van der Waals surface area (Å²) >= 11 is 0. The summed E-state index contributed by atoms with van der Waals surface area (Å²) in [6, 6.07) is 7.37.